The molecule has 0 saturated heterocycles. The summed E-state index contributed by atoms with van der Waals surface area (Å²) in [5, 5.41) is 4.33. The van der Waals surface area contributed by atoms with Crippen LogP contribution in [-0.4, -0.2) is 13.2 Å². The van der Waals surface area contributed by atoms with Crippen LogP contribution in [0.1, 0.15) is 38.5 Å². The van der Waals surface area contributed by atoms with Gasteiger partial charge in [0.1, 0.15) is 5.75 Å². The van der Waals surface area contributed by atoms with E-state index in [-0.39, 0.29) is 0 Å². The molecular weight excluding hydrogens is 258 g/mol. The van der Waals surface area contributed by atoms with Crippen molar-refractivity contribution in [1.82, 2.24) is 0 Å². The van der Waals surface area contributed by atoms with Gasteiger partial charge < -0.3 is 10.1 Å². The Morgan fingerprint density at radius 3 is 2.68 bits per heavy atom. The summed E-state index contributed by atoms with van der Waals surface area (Å²) in [6, 6.07) is 6.59. The van der Waals surface area contributed by atoms with Crippen LogP contribution in [-0.2, 0) is 0 Å². The molecule has 104 valence electrons. The van der Waals surface area contributed by atoms with E-state index in [2.05, 4.69) is 11.4 Å². The van der Waals surface area contributed by atoms with Crippen LogP contribution in [0.3, 0.4) is 0 Å². The third-order valence-electron chi connectivity index (χ3n) is 4.53. The quantitative estimate of drug-likeness (QED) is 0.860. The molecule has 2 unspecified atom stereocenters. The van der Waals surface area contributed by atoms with Crippen LogP contribution in [0.15, 0.2) is 18.2 Å². The molecule has 2 atom stereocenters. The predicted octanol–water partition coefficient (Wildman–Crippen LogP) is 4.73. The number of halogens is 1. The molecule has 0 radical (unpaired) electrons. The number of hydrogen-bond donors (Lipinski definition) is 1. The number of benzene rings is 1. The summed E-state index contributed by atoms with van der Waals surface area (Å²) in [7, 11) is 1.65. The van der Waals surface area contributed by atoms with E-state index in [0.717, 1.165) is 23.3 Å². The lowest BCUT2D eigenvalue weighted by atomic mass is 9.82. The lowest BCUT2D eigenvalue weighted by Crippen LogP contribution is -2.28. The zero-order valence-electron chi connectivity index (χ0n) is 11.5. The first-order valence-corrected chi connectivity index (χ1v) is 7.74. The highest BCUT2D eigenvalue weighted by Gasteiger charge is 2.34. The number of hydrogen-bond acceptors (Lipinski definition) is 2. The fraction of sp³-hybridized carbons (Fsp3) is 0.625. The Morgan fingerprint density at radius 1 is 1.16 bits per heavy atom. The van der Waals surface area contributed by atoms with Gasteiger partial charge in [-0.05, 0) is 55.7 Å². The monoisotopic (exact) mass is 279 g/mol. The molecule has 1 aromatic carbocycles. The van der Waals surface area contributed by atoms with Crippen molar-refractivity contribution in [2.24, 2.45) is 11.8 Å². The van der Waals surface area contributed by atoms with Crippen molar-refractivity contribution >= 4 is 17.3 Å². The van der Waals surface area contributed by atoms with Crippen LogP contribution < -0.4 is 10.1 Å². The van der Waals surface area contributed by atoms with Gasteiger partial charge in [-0.15, -0.1) is 0 Å². The highest BCUT2D eigenvalue weighted by atomic mass is 35.5. The summed E-state index contributed by atoms with van der Waals surface area (Å²) in [5.74, 6) is 2.73. The zero-order valence-corrected chi connectivity index (χ0v) is 12.2. The first-order chi connectivity index (χ1) is 9.26. The number of rotatable bonds is 4. The molecule has 2 nitrogen and oxygen atoms in total. The zero-order chi connectivity index (χ0) is 13.2. The predicted molar refractivity (Wildman–Crippen MR) is 80.1 cm³/mol. The Morgan fingerprint density at radius 2 is 2.00 bits per heavy atom. The molecule has 1 N–H and O–H groups in total. The van der Waals surface area contributed by atoms with Gasteiger partial charge in [-0.25, -0.2) is 0 Å². The van der Waals surface area contributed by atoms with Crippen molar-refractivity contribution in [2.75, 3.05) is 12.4 Å². The first-order valence-electron chi connectivity index (χ1n) is 7.36. The minimum atomic E-state index is 0.615. The van der Waals surface area contributed by atoms with E-state index in [9.17, 15) is 0 Å². The molecule has 3 heteroatoms. The average Bonchev–Trinajstić information content (AvgIpc) is 3.24. The fourth-order valence-electron chi connectivity index (χ4n) is 3.35. The van der Waals surface area contributed by atoms with Crippen molar-refractivity contribution in [1.29, 1.82) is 0 Å². The SMILES string of the molecule is COc1ccc(NC2CCCC(C3CC3)C2)cc1Cl. The standard InChI is InChI=1S/C16H22ClNO/c1-19-16-8-7-14(10-15(16)17)18-13-4-2-3-12(9-13)11-5-6-11/h7-8,10-13,18H,2-6,9H2,1H3. The van der Waals surface area contributed by atoms with Gasteiger partial charge in [-0.3, -0.25) is 0 Å². The average molecular weight is 280 g/mol. The van der Waals surface area contributed by atoms with E-state index in [1.54, 1.807) is 7.11 Å². The second kappa shape index (κ2) is 5.62. The Kier molecular flexibility index (Phi) is 3.88. The van der Waals surface area contributed by atoms with Gasteiger partial charge >= 0.3 is 0 Å². The van der Waals surface area contributed by atoms with Crippen molar-refractivity contribution in [3.63, 3.8) is 0 Å². The van der Waals surface area contributed by atoms with Gasteiger partial charge in [0.15, 0.2) is 0 Å². The fourth-order valence-corrected chi connectivity index (χ4v) is 3.60. The van der Waals surface area contributed by atoms with E-state index in [1.165, 1.54) is 38.5 Å². The Labute approximate surface area is 120 Å². The van der Waals surface area contributed by atoms with Gasteiger partial charge in [0.05, 0.1) is 12.1 Å². The summed E-state index contributed by atoms with van der Waals surface area (Å²) in [5.41, 5.74) is 1.12. The van der Waals surface area contributed by atoms with Crippen LogP contribution >= 0.6 is 11.6 Å². The minimum Gasteiger partial charge on any atom is -0.495 e. The molecule has 2 aliphatic rings. The molecule has 0 bridgehead atoms. The van der Waals surface area contributed by atoms with Gasteiger partial charge in [-0.2, -0.15) is 0 Å². The van der Waals surface area contributed by atoms with Crippen molar-refractivity contribution in [3.05, 3.63) is 23.2 Å². The molecule has 0 aliphatic heterocycles. The summed E-state index contributed by atoms with van der Waals surface area (Å²) >= 11 is 6.17. The highest BCUT2D eigenvalue weighted by molar-refractivity contribution is 6.32. The van der Waals surface area contributed by atoms with E-state index in [1.807, 2.05) is 12.1 Å². The highest BCUT2D eigenvalue weighted by Crippen LogP contribution is 2.44. The summed E-state index contributed by atoms with van der Waals surface area (Å²) < 4.78 is 5.19. The molecule has 2 fully saturated rings. The molecule has 2 saturated carbocycles. The Balaban J connectivity index is 1.62. The second-order valence-corrected chi connectivity index (χ2v) is 6.36. The van der Waals surface area contributed by atoms with Crippen LogP contribution in [0.4, 0.5) is 5.69 Å². The molecular formula is C16H22ClNO. The van der Waals surface area contributed by atoms with Crippen LogP contribution in [0.5, 0.6) is 5.75 Å². The molecule has 3 rings (SSSR count). The Hall–Kier alpha value is -0.890. The molecule has 1 aromatic rings. The van der Waals surface area contributed by atoms with Gasteiger partial charge in [-0.1, -0.05) is 24.4 Å². The maximum Gasteiger partial charge on any atom is 0.137 e. The molecule has 2 aliphatic carbocycles. The summed E-state index contributed by atoms with van der Waals surface area (Å²) in [6.45, 7) is 0. The molecule has 0 heterocycles. The number of nitrogens with one attached hydrogen (secondary N) is 1. The van der Waals surface area contributed by atoms with Crippen LogP contribution in [0.25, 0.3) is 0 Å². The Bertz CT molecular complexity index is 444. The third kappa shape index (κ3) is 3.17. The number of ether oxygens (including phenoxy) is 1. The number of methoxy groups -OCH3 is 1. The number of anilines is 1. The lowest BCUT2D eigenvalue weighted by molar-refractivity contribution is 0.303. The topological polar surface area (TPSA) is 21.3 Å². The van der Waals surface area contributed by atoms with Crippen molar-refractivity contribution in [3.8, 4) is 5.75 Å². The molecule has 19 heavy (non-hydrogen) atoms. The van der Waals surface area contributed by atoms with E-state index in [4.69, 9.17) is 16.3 Å². The minimum absolute atomic E-state index is 0.615. The summed E-state index contributed by atoms with van der Waals surface area (Å²) in [6.07, 6.45) is 8.34. The van der Waals surface area contributed by atoms with Gasteiger partial charge in [0.25, 0.3) is 0 Å². The first kappa shape index (κ1) is 13.1. The van der Waals surface area contributed by atoms with E-state index in [0.29, 0.717) is 11.1 Å². The second-order valence-electron chi connectivity index (χ2n) is 5.95. The van der Waals surface area contributed by atoms with Crippen molar-refractivity contribution < 1.29 is 4.74 Å². The third-order valence-corrected chi connectivity index (χ3v) is 4.82. The largest absolute Gasteiger partial charge is 0.495 e. The van der Waals surface area contributed by atoms with Crippen molar-refractivity contribution in [2.45, 2.75) is 44.6 Å². The maximum absolute atomic E-state index is 6.17. The van der Waals surface area contributed by atoms with Gasteiger partial charge in [0.2, 0.25) is 0 Å². The van der Waals surface area contributed by atoms with E-state index >= 15 is 0 Å². The lowest BCUT2D eigenvalue weighted by Gasteiger charge is -2.30. The summed E-state index contributed by atoms with van der Waals surface area (Å²) in [4.78, 5) is 0. The van der Waals surface area contributed by atoms with E-state index < -0.39 is 0 Å². The normalized spacial score (nSPS) is 27.1. The maximum atomic E-state index is 6.17. The molecule has 0 amide bonds. The van der Waals surface area contributed by atoms with Crippen LogP contribution in [0.2, 0.25) is 5.02 Å². The van der Waals surface area contributed by atoms with Gasteiger partial charge in [0, 0.05) is 11.7 Å². The molecule has 0 aromatic heterocycles. The molecule has 0 spiro atoms. The van der Waals surface area contributed by atoms with Crippen LogP contribution in [0, 0.1) is 11.8 Å². The smallest absolute Gasteiger partial charge is 0.137 e.